The second-order valence-corrected chi connectivity index (χ2v) is 7.86. The monoisotopic (exact) mass is 421 g/mol. The topological polar surface area (TPSA) is 71.1 Å². The van der Waals surface area contributed by atoms with E-state index in [4.69, 9.17) is 23.2 Å². The first kappa shape index (κ1) is 19.6. The molecule has 27 heavy (non-hydrogen) atoms. The average Bonchev–Trinajstić information content (AvgIpc) is 2.96. The van der Waals surface area contributed by atoms with Crippen LogP contribution in [0.2, 0.25) is 5.02 Å². The standard InChI is InChI=1S/C19H17Cl2N3O2S/c1-9-4-5-12(21)7-13(9)23-18(26)17-16(24-14(25)8-20)15-10(2)6-11(3)22-19(15)27-17/h4-7H,8H2,1-3H3,(H,23,26)(H,24,25). The molecular weight excluding hydrogens is 405 g/mol. The van der Waals surface area contributed by atoms with Crippen molar-refractivity contribution >= 4 is 67.9 Å². The van der Waals surface area contributed by atoms with Crippen LogP contribution >= 0.6 is 34.5 Å². The molecule has 5 nitrogen and oxygen atoms in total. The Labute approximate surface area is 170 Å². The van der Waals surface area contributed by atoms with Crippen molar-refractivity contribution in [2.24, 2.45) is 0 Å². The maximum Gasteiger partial charge on any atom is 0.267 e. The number of nitrogens with zero attached hydrogens (tertiary/aromatic N) is 1. The van der Waals surface area contributed by atoms with Gasteiger partial charge < -0.3 is 10.6 Å². The molecule has 2 amide bonds. The van der Waals surface area contributed by atoms with Gasteiger partial charge in [0.25, 0.3) is 5.91 Å². The van der Waals surface area contributed by atoms with Crippen molar-refractivity contribution < 1.29 is 9.59 Å². The van der Waals surface area contributed by atoms with Gasteiger partial charge in [0.05, 0.1) is 5.69 Å². The van der Waals surface area contributed by atoms with Crippen molar-refractivity contribution in [1.82, 2.24) is 4.98 Å². The molecule has 0 aliphatic rings. The molecule has 3 rings (SSSR count). The molecule has 0 aliphatic heterocycles. The molecule has 0 aliphatic carbocycles. The number of halogens is 2. The molecule has 0 spiro atoms. The second kappa shape index (κ2) is 7.84. The van der Waals surface area contributed by atoms with E-state index >= 15 is 0 Å². The molecule has 0 unspecified atom stereocenters. The fourth-order valence-electron chi connectivity index (χ4n) is 2.80. The fourth-order valence-corrected chi connectivity index (χ4v) is 4.19. The summed E-state index contributed by atoms with van der Waals surface area (Å²) in [5.41, 5.74) is 3.69. The van der Waals surface area contributed by atoms with Crippen LogP contribution in [0.5, 0.6) is 0 Å². The third-order valence-electron chi connectivity index (χ3n) is 4.03. The van der Waals surface area contributed by atoms with E-state index in [2.05, 4.69) is 15.6 Å². The summed E-state index contributed by atoms with van der Waals surface area (Å²) in [6, 6.07) is 7.18. The lowest BCUT2D eigenvalue weighted by Crippen LogP contribution is -2.17. The molecule has 1 aromatic carbocycles. The van der Waals surface area contributed by atoms with Crippen molar-refractivity contribution in [2.45, 2.75) is 20.8 Å². The van der Waals surface area contributed by atoms with Crippen molar-refractivity contribution in [3.05, 3.63) is 51.0 Å². The molecule has 0 radical (unpaired) electrons. The number of rotatable bonds is 4. The number of carbonyl (C=O) groups is 2. The van der Waals surface area contributed by atoms with E-state index in [-0.39, 0.29) is 17.7 Å². The van der Waals surface area contributed by atoms with Gasteiger partial charge in [-0.05, 0) is 50.1 Å². The first-order chi connectivity index (χ1) is 12.8. The normalized spacial score (nSPS) is 10.9. The molecule has 3 aromatic rings. The van der Waals surface area contributed by atoms with Gasteiger partial charge in [-0.3, -0.25) is 9.59 Å². The van der Waals surface area contributed by atoms with Crippen molar-refractivity contribution in [3.63, 3.8) is 0 Å². The highest BCUT2D eigenvalue weighted by atomic mass is 35.5. The predicted molar refractivity (Wildman–Crippen MR) is 113 cm³/mol. The van der Waals surface area contributed by atoms with Gasteiger partial charge in [0.15, 0.2) is 0 Å². The Bertz CT molecular complexity index is 1060. The third-order valence-corrected chi connectivity index (χ3v) is 5.59. The quantitative estimate of drug-likeness (QED) is 0.560. The number of aromatic nitrogens is 1. The second-order valence-electron chi connectivity index (χ2n) is 6.16. The SMILES string of the molecule is Cc1cc(C)c2c(NC(=O)CCl)c(C(=O)Nc3cc(Cl)ccc3C)sc2n1. The number of anilines is 2. The largest absolute Gasteiger partial charge is 0.323 e. The molecule has 2 N–H and O–H groups in total. The number of alkyl halides is 1. The number of fused-ring (bicyclic) bond motifs is 1. The summed E-state index contributed by atoms with van der Waals surface area (Å²) in [7, 11) is 0. The molecule has 0 saturated carbocycles. The van der Waals surface area contributed by atoms with Crippen LogP contribution in [0.1, 0.15) is 26.5 Å². The van der Waals surface area contributed by atoms with Crippen LogP contribution in [0, 0.1) is 20.8 Å². The molecule has 8 heteroatoms. The zero-order valence-corrected chi connectivity index (χ0v) is 17.3. The molecule has 140 valence electrons. The zero-order valence-electron chi connectivity index (χ0n) is 14.9. The smallest absolute Gasteiger partial charge is 0.267 e. The highest BCUT2D eigenvalue weighted by Gasteiger charge is 2.23. The van der Waals surface area contributed by atoms with Gasteiger partial charge in [-0.25, -0.2) is 4.98 Å². The highest BCUT2D eigenvalue weighted by Crippen LogP contribution is 2.38. The lowest BCUT2D eigenvalue weighted by molar-refractivity contribution is -0.113. The number of pyridine rings is 1. The number of carbonyl (C=O) groups excluding carboxylic acids is 2. The number of amides is 2. The van der Waals surface area contributed by atoms with Crippen molar-refractivity contribution in [3.8, 4) is 0 Å². The maximum absolute atomic E-state index is 13.0. The Morgan fingerprint density at radius 3 is 2.56 bits per heavy atom. The molecule has 0 fully saturated rings. The summed E-state index contributed by atoms with van der Waals surface area (Å²) in [4.78, 5) is 30.5. The molecule has 2 heterocycles. The van der Waals surface area contributed by atoms with E-state index in [1.165, 1.54) is 11.3 Å². The Balaban J connectivity index is 2.10. The van der Waals surface area contributed by atoms with Crippen molar-refractivity contribution in [2.75, 3.05) is 16.5 Å². The molecule has 0 bridgehead atoms. The van der Waals surface area contributed by atoms with Crippen LogP contribution in [0.4, 0.5) is 11.4 Å². The Morgan fingerprint density at radius 1 is 1.11 bits per heavy atom. The number of thiophene rings is 1. The van der Waals surface area contributed by atoms with Gasteiger partial charge in [0.2, 0.25) is 5.91 Å². The number of benzene rings is 1. The van der Waals surface area contributed by atoms with Crippen LogP contribution in [0.3, 0.4) is 0 Å². The Kier molecular flexibility index (Phi) is 5.69. The lowest BCUT2D eigenvalue weighted by Gasteiger charge is -2.10. The number of aryl methyl sites for hydroxylation is 3. The fraction of sp³-hybridized carbons (Fsp3) is 0.211. The number of nitrogens with one attached hydrogen (secondary N) is 2. The minimum Gasteiger partial charge on any atom is -0.323 e. The minimum absolute atomic E-state index is 0.204. The van der Waals surface area contributed by atoms with Gasteiger partial charge in [-0.1, -0.05) is 17.7 Å². The van der Waals surface area contributed by atoms with E-state index in [0.29, 0.717) is 26.1 Å². The first-order valence-corrected chi connectivity index (χ1v) is 9.87. The Morgan fingerprint density at radius 2 is 1.85 bits per heavy atom. The van der Waals surface area contributed by atoms with E-state index in [0.717, 1.165) is 22.2 Å². The van der Waals surface area contributed by atoms with Gasteiger partial charge in [-0.2, -0.15) is 0 Å². The van der Waals surface area contributed by atoms with Crippen LogP contribution in [0.25, 0.3) is 10.2 Å². The summed E-state index contributed by atoms with van der Waals surface area (Å²) in [5, 5.41) is 6.89. The maximum atomic E-state index is 13.0. The zero-order chi connectivity index (χ0) is 19.7. The van der Waals surface area contributed by atoms with Crippen molar-refractivity contribution in [1.29, 1.82) is 0 Å². The Hall–Kier alpha value is -2.15. The molecule has 0 saturated heterocycles. The molecular formula is C19H17Cl2N3O2S. The summed E-state index contributed by atoms with van der Waals surface area (Å²) in [6.45, 7) is 5.68. The van der Waals surface area contributed by atoms with E-state index in [1.807, 2.05) is 32.9 Å². The third kappa shape index (κ3) is 4.08. The van der Waals surface area contributed by atoms with E-state index in [1.54, 1.807) is 12.1 Å². The van der Waals surface area contributed by atoms with E-state index < -0.39 is 0 Å². The molecule has 0 atom stereocenters. The van der Waals surface area contributed by atoms with Gasteiger partial charge >= 0.3 is 0 Å². The molecule has 2 aromatic heterocycles. The minimum atomic E-state index is -0.385. The lowest BCUT2D eigenvalue weighted by atomic mass is 10.1. The average molecular weight is 422 g/mol. The van der Waals surface area contributed by atoms with Crippen LogP contribution < -0.4 is 10.6 Å². The summed E-state index contributed by atoms with van der Waals surface area (Å²) in [5.74, 6) is -0.931. The van der Waals surface area contributed by atoms with Crippen LogP contribution in [0.15, 0.2) is 24.3 Å². The highest BCUT2D eigenvalue weighted by molar-refractivity contribution is 7.21. The van der Waals surface area contributed by atoms with E-state index in [9.17, 15) is 9.59 Å². The number of hydrogen-bond acceptors (Lipinski definition) is 4. The predicted octanol–water partition coefficient (Wildman–Crippen LogP) is 5.30. The van der Waals surface area contributed by atoms with Crippen LogP contribution in [-0.4, -0.2) is 22.7 Å². The first-order valence-electron chi connectivity index (χ1n) is 8.14. The van der Waals surface area contributed by atoms with Gasteiger partial charge in [0.1, 0.15) is 15.6 Å². The summed E-state index contributed by atoms with van der Waals surface area (Å²) < 4.78 is 0. The summed E-state index contributed by atoms with van der Waals surface area (Å²) >= 11 is 12.9. The van der Waals surface area contributed by atoms with Gasteiger partial charge in [-0.15, -0.1) is 22.9 Å². The number of hydrogen-bond donors (Lipinski definition) is 2. The van der Waals surface area contributed by atoms with Gasteiger partial charge in [0, 0.05) is 21.8 Å². The van der Waals surface area contributed by atoms with Crippen LogP contribution in [-0.2, 0) is 4.79 Å². The summed E-state index contributed by atoms with van der Waals surface area (Å²) in [6.07, 6.45) is 0.